The highest BCUT2D eigenvalue weighted by Crippen LogP contribution is 2.25. The van der Waals surface area contributed by atoms with Gasteiger partial charge in [0, 0.05) is 11.3 Å². The summed E-state index contributed by atoms with van der Waals surface area (Å²) in [6, 6.07) is 15.5. The molecule has 0 amide bonds. The first-order chi connectivity index (χ1) is 12.2. The third-order valence-corrected chi connectivity index (χ3v) is 3.91. The van der Waals surface area contributed by atoms with E-state index in [4.69, 9.17) is 14.1 Å². The first kappa shape index (κ1) is 17.4. The van der Waals surface area contributed by atoms with Crippen LogP contribution >= 0.6 is 0 Å². The Labute approximate surface area is 147 Å². The molecule has 0 saturated heterocycles. The van der Waals surface area contributed by atoms with E-state index in [0.29, 0.717) is 25.6 Å². The van der Waals surface area contributed by atoms with Gasteiger partial charge in [-0.25, -0.2) is 0 Å². The third-order valence-electron chi connectivity index (χ3n) is 3.91. The van der Waals surface area contributed by atoms with Crippen molar-refractivity contribution in [3.63, 3.8) is 0 Å². The van der Waals surface area contributed by atoms with Crippen LogP contribution in [-0.2, 0) is 16.0 Å². The molecule has 1 aliphatic heterocycles. The molecule has 1 radical (unpaired) electrons. The van der Waals surface area contributed by atoms with Crippen LogP contribution in [0, 0.1) is 10.1 Å². The van der Waals surface area contributed by atoms with Crippen molar-refractivity contribution in [3.05, 3.63) is 69.8 Å². The summed E-state index contributed by atoms with van der Waals surface area (Å²) in [7, 11) is 1.55. The van der Waals surface area contributed by atoms with Gasteiger partial charge < -0.3 is 14.1 Å². The van der Waals surface area contributed by atoms with Gasteiger partial charge in [-0.1, -0.05) is 42.5 Å². The van der Waals surface area contributed by atoms with E-state index in [2.05, 4.69) is 0 Å². The van der Waals surface area contributed by atoms with Crippen LogP contribution in [0.25, 0.3) is 0 Å². The van der Waals surface area contributed by atoms with Crippen molar-refractivity contribution in [1.29, 1.82) is 0 Å². The lowest BCUT2D eigenvalue weighted by molar-refractivity contribution is -0.489. The fourth-order valence-electron chi connectivity index (χ4n) is 2.70. The average Bonchev–Trinajstić information content (AvgIpc) is 3.02. The molecular formula is C18H19BNO5. The predicted octanol–water partition coefficient (Wildman–Crippen LogP) is 2.26. The van der Waals surface area contributed by atoms with Gasteiger partial charge in [0.1, 0.15) is 11.9 Å². The second kappa shape index (κ2) is 8.64. The van der Waals surface area contributed by atoms with E-state index in [9.17, 15) is 10.1 Å². The van der Waals surface area contributed by atoms with Crippen molar-refractivity contribution in [2.75, 3.05) is 19.8 Å². The molecule has 2 aromatic carbocycles. The number of ether oxygens (including phenoxy) is 2. The quantitative estimate of drug-likeness (QED) is 0.303. The Balaban J connectivity index is 1.43. The van der Waals surface area contributed by atoms with E-state index < -0.39 is 6.10 Å². The number of benzene rings is 2. The van der Waals surface area contributed by atoms with Gasteiger partial charge in [0.05, 0.1) is 19.8 Å². The van der Waals surface area contributed by atoms with Gasteiger partial charge >= 0.3 is 7.48 Å². The lowest BCUT2D eigenvalue weighted by atomic mass is 9.85. The number of fused-ring (bicyclic) bond motifs is 1. The van der Waals surface area contributed by atoms with Crippen LogP contribution in [0.3, 0.4) is 0 Å². The van der Waals surface area contributed by atoms with E-state index >= 15 is 0 Å². The minimum Gasteiger partial charge on any atom is -0.494 e. The summed E-state index contributed by atoms with van der Waals surface area (Å²) in [6.07, 6.45) is 0.220. The Morgan fingerprint density at radius 1 is 1.12 bits per heavy atom. The van der Waals surface area contributed by atoms with Crippen LogP contribution < -0.4 is 10.2 Å². The van der Waals surface area contributed by atoms with Gasteiger partial charge in [0.2, 0.25) is 6.54 Å². The van der Waals surface area contributed by atoms with E-state index in [1.807, 2.05) is 48.5 Å². The van der Waals surface area contributed by atoms with Gasteiger partial charge in [-0.2, -0.15) is 0 Å². The van der Waals surface area contributed by atoms with Crippen LogP contribution in [-0.4, -0.2) is 32.2 Å². The Morgan fingerprint density at radius 2 is 1.96 bits per heavy atom. The fraction of sp³-hybridized carbons (Fsp3) is 0.333. The highest BCUT2D eigenvalue weighted by Gasteiger charge is 2.30. The SMILES string of the molecule is O=[N+]([O-])CC1O[B]c2c(OCCCOCc3ccccc3)cccc21. The van der Waals surface area contributed by atoms with E-state index in [1.165, 1.54) is 0 Å². The monoisotopic (exact) mass is 340 g/mol. The van der Waals surface area contributed by atoms with Crippen LogP contribution in [0.5, 0.6) is 5.75 Å². The molecule has 1 unspecified atom stereocenters. The van der Waals surface area contributed by atoms with Gasteiger partial charge in [-0.05, 0) is 22.7 Å². The smallest absolute Gasteiger partial charge is 0.335 e. The van der Waals surface area contributed by atoms with Crippen molar-refractivity contribution in [2.24, 2.45) is 0 Å². The van der Waals surface area contributed by atoms with Crippen LogP contribution in [0.2, 0.25) is 0 Å². The highest BCUT2D eigenvalue weighted by atomic mass is 16.6. The van der Waals surface area contributed by atoms with Crippen molar-refractivity contribution in [3.8, 4) is 5.75 Å². The second-order valence-electron chi connectivity index (χ2n) is 5.76. The molecule has 7 heteroatoms. The zero-order chi connectivity index (χ0) is 17.5. The lowest BCUT2D eigenvalue weighted by Crippen LogP contribution is -2.17. The van der Waals surface area contributed by atoms with Crippen molar-refractivity contribution in [1.82, 2.24) is 0 Å². The molecule has 25 heavy (non-hydrogen) atoms. The number of rotatable bonds is 9. The zero-order valence-electron chi connectivity index (χ0n) is 13.8. The summed E-state index contributed by atoms with van der Waals surface area (Å²) in [6.45, 7) is 1.46. The molecule has 0 spiro atoms. The predicted molar refractivity (Wildman–Crippen MR) is 93.7 cm³/mol. The molecular weight excluding hydrogens is 321 g/mol. The molecule has 1 aliphatic rings. The molecule has 2 aromatic rings. The summed E-state index contributed by atoms with van der Waals surface area (Å²) in [5.41, 5.74) is 2.74. The summed E-state index contributed by atoms with van der Waals surface area (Å²) in [4.78, 5) is 10.3. The van der Waals surface area contributed by atoms with Crippen molar-refractivity contribution in [2.45, 2.75) is 19.1 Å². The maximum absolute atomic E-state index is 10.7. The van der Waals surface area contributed by atoms with E-state index in [-0.39, 0.29) is 11.5 Å². The number of hydrogen-bond donors (Lipinski definition) is 0. The Hall–Kier alpha value is -2.38. The molecule has 0 aromatic heterocycles. The zero-order valence-corrected chi connectivity index (χ0v) is 13.8. The third kappa shape index (κ3) is 4.81. The molecule has 0 N–H and O–H groups in total. The van der Waals surface area contributed by atoms with Gasteiger partial charge in [0.15, 0.2) is 0 Å². The Morgan fingerprint density at radius 3 is 2.76 bits per heavy atom. The maximum atomic E-state index is 10.7. The maximum Gasteiger partial charge on any atom is 0.335 e. The Kier molecular flexibility index (Phi) is 6.03. The van der Waals surface area contributed by atoms with Gasteiger partial charge in [-0.3, -0.25) is 10.1 Å². The lowest BCUT2D eigenvalue weighted by Gasteiger charge is -2.11. The first-order valence-electron chi connectivity index (χ1n) is 8.22. The first-order valence-corrected chi connectivity index (χ1v) is 8.22. The van der Waals surface area contributed by atoms with Crippen LogP contribution in [0.1, 0.15) is 23.7 Å². The topological polar surface area (TPSA) is 70.8 Å². The molecule has 1 atom stereocenters. The fourth-order valence-corrected chi connectivity index (χ4v) is 2.70. The second-order valence-corrected chi connectivity index (χ2v) is 5.76. The number of nitrogens with zero attached hydrogens (tertiary/aromatic N) is 1. The van der Waals surface area contributed by atoms with Crippen molar-refractivity contribution < 1.29 is 19.1 Å². The highest BCUT2D eigenvalue weighted by molar-refractivity contribution is 6.50. The number of hydrogen-bond acceptors (Lipinski definition) is 5. The summed E-state index contributed by atoms with van der Waals surface area (Å²) in [5, 5.41) is 10.7. The van der Waals surface area contributed by atoms with E-state index in [0.717, 1.165) is 23.0 Å². The summed E-state index contributed by atoms with van der Waals surface area (Å²) < 4.78 is 16.8. The molecule has 3 rings (SSSR count). The normalized spacial score (nSPS) is 15.4. The number of nitro groups is 1. The summed E-state index contributed by atoms with van der Waals surface area (Å²) in [5.74, 6) is 0.686. The molecule has 1 heterocycles. The Bertz CT molecular complexity index is 710. The molecule has 0 fully saturated rings. The molecule has 6 nitrogen and oxygen atoms in total. The van der Waals surface area contributed by atoms with Crippen LogP contribution in [0.15, 0.2) is 48.5 Å². The van der Waals surface area contributed by atoms with Crippen molar-refractivity contribution >= 4 is 12.9 Å². The van der Waals surface area contributed by atoms with Crippen LogP contribution in [0.4, 0.5) is 0 Å². The van der Waals surface area contributed by atoms with Gasteiger partial charge in [0.25, 0.3) is 0 Å². The summed E-state index contributed by atoms with van der Waals surface area (Å²) >= 11 is 0. The minimum absolute atomic E-state index is 0.250. The van der Waals surface area contributed by atoms with E-state index in [1.54, 1.807) is 7.48 Å². The average molecular weight is 340 g/mol. The minimum atomic E-state index is -0.539. The molecule has 129 valence electrons. The molecule has 0 aliphatic carbocycles. The standard InChI is InChI=1S/C18H19BNO5/c21-20(22)12-17-15-8-4-9-16(18(15)19-25-17)24-11-5-10-23-13-14-6-2-1-3-7-14/h1-4,6-9,17H,5,10-13H2. The largest absolute Gasteiger partial charge is 0.494 e. The van der Waals surface area contributed by atoms with Gasteiger partial charge in [-0.15, -0.1) is 0 Å². The molecule has 0 bridgehead atoms. The molecule has 0 saturated carbocycles.